The van der Waals surface area contributed by atoms with Crippen molar-refractivity contribution >= 4 is 21.9 Å². The molecule has 10 heteroatoms. The van der Waals surface area contributed by atoms with E-state index >= 15 is 0 Å². The zero-order chi connectivity index (χ0) is 18.2. The van der Waals surface area contributed by atoms with Crippen LogP contribution in [0.2, 0.25) is 0 Å². The van der Waals surface area contributed by atoms with Gasteiger partial charge in [-0.15, -0.1) is 0 Å². The zero-order valence-electron chi connectivity index (χ0n) is 13.6. The van der Waals surface area contributed by atoms with E-state index in [-0.39, 0.29) is 10.5 Å². The van der Waals surface area contributed by atoms with E-state index in [9.17, 15) is 18.0 Å². The summed E-state index contributed by atoms with van der Waals surface area (Å²) in [7, 11) is 0.186. The number of hydrogen-bond acceptors (Lipinski definition) is 7. The molecule has 0 aliphatic carbocycles. The van der Waals surface area contributed by atoms with Crippen molar-refractivity contribution in [2.24, 2.45) is 0 Å². The van der Waals surface area contributed by atoms with Gasteiger partial charge in [0.15, 0.2) is 6.61 Å². The molecule has 0 spiro atoms. The summed E-state index contributed by atoms with van der Waals surface area (Å²) in [5.74, 6) is -1.19. The fourth-order valence-electron chi connectivity index (χ4n) is 1.57. The lowest BCUT2D eigenvalue weighted by Crippen LogP contribution is -2.31. The third kappa shape index (κ3) is 5.57. The van der Waals surface area contributed by atoms with Crippen molar-refractivity contribution in [2.75, 3.05) is 41.0 Å². The molecule has 0 aromatic heterocycles. The van der Waals surface area contributed by atoms with E-state index in [1.807, 2.05) is 0 Å². The minimum Gasteiger partial charge on any atom is -0.452 e. The van der Waals surface area contributed by atoms with Gasteiger partial charge >= 0.3 is 5.97 Å². The summed E-state index contributed by atoms with van der Waals surface area (Å²) in [6.45, 7) is 0.229. The molecule has 1 N–H and O–H groups in total. The van der Waals surface area contributed by atoms with Crippen LogP contribution in [0.15, 0.2) is 29.2 Å². The molecule has 1 rings (SSSR count). The summed E-state index contributed by atoms with van der Waals surface area (Å²) in [6, 6.07) is 5.09. The minimum absolute atomic E-state index is 0.0410. The van der Waals surface area contributed by atoms with Crippen LogP contribution < -0.4 is 5.32 Å². The third-order valence-electron chi connectivity index (χ3n) is 2.95. The van der Waals surface area contributed by atoms with E-state index in [2.05, 4.69) is 10.2 Å². The number of nitrogens with one attached hydrogen (secondary N) is 1. The Balaban J connectivity index is 2.63. The summed E-state index contributed by atoms with van der Waals surface area (Å²) in [5.41, 5.74) is 0.124. The number of benzene rings is 1. The van der Waals surface area contributed by atoms with Gasteiger partial charge < -0.3 is 14.8 Å². The molecule has 1 amide bonds. The molecule has 0 radical (unpaired) electrons. The van der Waals surface area contributed by atoms with Crippen LogP contribution in [0.4, 0.5) is 0 Å². The average Bonchev–Trinajstić information content (AvgIpc) is 2.59. The second kappa shape index (κ2) is 9.33. The number of amides is 1. The number of ether oxygens (including phenoxy) is 2. The molecule has 1 aromatic rings. The number of methoxy groups -OCH3 is 1. The number of sulfonamides is 1. The maximum absolute atomic E-state index is 12.0. The SMILES string of the molecule is COCCNC(=O)COC(=O)c1ccc(S(=O)(=O)N(C)OC)cc1. The van der Waals surface area contributed by atoms with E-state index in [0.717, 1.165) is 0 Å². The van der Waals surface area contributed by atoms with Crippen molar-refractivity contribution in [2.45, 2.75) is 4.90 Å². The fraction of sp³-hybridized carbons (Fsp3) is 0.429. The first kappa shape index (κ1) is 20.0. The van der Waals surface area contributed by atoms with E-state index in [1.165, 1.54) is 45.5 Å². The van der Waals surface area contributed by atoms with Gasteiger partial charge in [0.2, 0.25) is 0 Å². The Morgan fingerprint density at radius 1 is 1.17 bits per heavy atom. The van der Waals surface area contributed by atoms with Crippen molar-refractivity contribution in [3.05, 3.63) is 29.8 Å². The minimum atomic E-state index is -3.79. The molecule has 0 saturated heterocycles. The smallest absolute Gasteiger partial charge is 0.338 e. The van der Waals surface area contributed by atoms with Crippen LogP contribution in [0.3, 0.4) is 0 Å². The number of hydrogen-bond donors (Lipinski definition) is 1. The first-order valence-electron chi connectivity index (χ1n) is 6.88. The highest BCUT2D eigenvalue weighted by Crippen LogP contribution is 2.15. The zero-order valence-corrected chi connectivity index (χ0v) is 14.5. The molecule has 0 atom stereocenters. The fourth-order valence-corrected chi connectivity index (χ4v) is 2.54. The molecule has 24 heavy (non-hydrogen) atoms. The van der Waals surface area contributed by atoms with E-state index in [1.54, 1.807) is 0 Å². The van der Waals surface area contributed by atoms with Gasteiger partial charge in [0.1, 0.15) is 0 Å². The summed E-state index contributed by atoms with van der Waals surface area (Å²) in [5, 5.41) is 2.50. The summed E-state index contributed by atoms with van der Waals surface area (Å²) < 4.78 is 34.3. The van der Waals surface area contributed by atoms with Crippen LogP contribution in [0.25, 0.3) is 0 Å². The van der Waals surface area contributed by atoms with Crippen LogP contribution in [0.5, 0.6) is 0 Å². The van der Waals surface area contributed by atoms with Gasteiger partial charge in [0, 0.05) is 20.7 Å². The molecule has 0 fully saturated rings. The van der Waals surface area contributed by atoms with Crippen LogP contribution in [0.1, 0.15) is 10.4 Å². The highest BCUT2D eigenvalue weighted by Gasteiger charge is 2.21. The van der Waals surface area contributed by atoms with E-state index < -0.39 is 28.5 Å². The number of carbonyl (C=O) groups excluding carboxylic acids is 2. The number of carbonyl (C=O) groups is 2. The van der Waals surface area contributed by atoms with Gasteiger partial charge in [-0.2, -0.15) is 0 Å². The van der Waals surface area contributed by atoms with Gasteiger partial charge in [-0.05, 0) is 24.3 Å². The Morgan fingerprint density at radius 3 is 2.33 bits per heavy atom. The Hall–Kier alpha value is -2.01. The van der Waals surface area contributed by atoms with Crippen LogP contribution in [-0.2, 0) is 29.1 Å². The molecular weight excluding hydrogens is 340 g/mol. The van der Waals surface area contributed by atoms with Crippen molar-refractivity contribution in [3.8, 4) is 0 Å². The Bertz CT molecular complexity index is 658. The first-order chi connectivity index (χ1) is 11.3. The van der Waals surface area contributed by atoms with Gasteiger partial charge in [-0.1, -0.05) is 4.47 Å². The van der Waals surface area contributed by atoms with Crippen molar-refractivity contribution in [1.29, 1.82) is 0 Å². The van der Waals surface area contributed by atoms with E-state index in [0.29, 0.717) is 17.6 Å². The molecule has 9 nitrogen and oxygen atoms in total. The summed E-state index contributed by atoms with van der Waals surface area (Å²) in [4.78, 5) is 27.8. The standard InChI is InChI=1S/C14H20N2O7S/c1-16(22-3)24(19,20)12-6-4-11(5-7-12)14(18)23-10-13(17)15-8-9-21-2/h4-7H,8-10H2,1-3H3,(H,15,17). The molecule has 0 saturated carbocycles. The predicted octanol–water partition coefficient (Wildman–Crippen LogP) is -0.212. The lowest BCUT2D eigenvalue weighted by atomic mass is 10.2. The van der Waals surface area contributed by atoms with Crippen LogP contribution in [-0.4, -0.2) is 65.8 Å². The Kier molecular flexibility index (Phi) is 7.79. The van der Waals surface area contributed by atoms with Gasteiger partial charge in [0.05, 0.1) is 24.2 Å². The molecule has 134 valence electrons. The Morgan fingerprint density at radius 2 is 1.79 bits per heavy atom. The third-order valence-corrected chi connectivity index (χ3v) is 4.64. The van der Waals surface area contributed by atoms with Gasteiger partial charge in [0.25, 0.3) is 15.9 Å². The van der Waals surface area contributed by atoms with Crippen LogP contribution >= 0.6 is 0 Å². The Labute approximate surface area is 140 Å². The largest absolute Gasteiger partial charge is 0.452 e. The second-order valence-corrected chi connectivity index (χ2v) is 6.48. The number of rotatable bonds is 9. The lowest BCUT2D eigenvalue weighted by molar-refractivity contribution is -0.124. The monoisotopic (exact) mass is 360 g/mol. The molecule has 0 aliphatic rings. The molecule has 1 aromatic carbocycles. The maximum atomic E-state index is 12.0. The summed E-state index contributed by atoms with van der Waals surface area (Å²) >= 11 is 0. The second-order valence-electron chi connectivity index (χ2n) is 4.54. The number of esters is 1. The highest BCUT2D eigenvalue weighted by molar-refractivity contribution is 7.89. The van der Waals surface area contributed by atoms with Crippen molar-refractivity contribution < 1.29 is 32.3 Å². The quantitative estimate of drug-likeness (QED) is 0.368. The molecule has 0 heterocycles. The predicted molar refractivity (Wildman–Crippen MR) is 83.6 cm³/mol. The lowest BCUT2D eigenvalue weighted by Gasteiger charge is -2.14. The normalized spacial score (nSPS) is 11.3. The highest BCUT2D eigenvalue weighted by atomic mass is 32.2. The van der Waals surface area contributed by atoms with Crippen molar-refractivity contribution in [3.63, 3.8) is 0 Å². The van der Waals surface area contributed by atoms with Gasteiger partial charge in [-0.3, -0.25) is 9.63 Å². The van der Waals surface area contributed by atoms with Gasteiger partial charge in [-0.25, -0.2) is 13.2 Å². The molecule has 0 unspecified atom stereocenters. The topological polar surface area (TPSA) is 111 Å². The molecule has 0 aliphatic heterocycles. The summed E-state index contributed by atoms with van der Waals surface area (Å²) in [6.07, 6.45) is 0. The number of nitrogens with zero attached hydrogens (tertiary/aromatic N) is 1. The van der Waals surface area contributed by atoms with Crippen LogP contribution in [0, 0.1) is 0 Å². The molecular formula is C14H20N2O7S. The number of hydroxylamine groups is 1. The molecule has 0 bridgehead atoms. The van der Waals surface area contributed by atoms with E-state index in [4.69, 9.17) is 9.47 Å². The first-order valence-corrected chi connectivity index (χ1v) is 8.32. The van der Waals surface area contributed by atoms with Crippen molar-refractivity contribution in [1.82, 2.24) is 9.79 Å². The maximum Gasteiger partial charge on any atom is 0.338 e. The average molecular weight is 360 g/mol.